The van der Waals surface area contributed by atoms with Gasteiger partial charge in [0.1, 0.15) is 5.82 Å². The summed E-state index contributed by atoms with van der Waals surface area (Å²) in [5.74, 6) is 3.19. The maximum atomic E-state index is 12.3. The number of aromatic nitrogens is 2. The second-order valence-electron chi connectivity index (χ2n) is 8.35. The minimum absolute atomic E-state index is 0.213. The molecule has 0 atom stereocenters. The van der Waals surface area contributed by atoms with Gasteiger partial charge >= 0.3 is 0 Å². The first kappa shape index (κ1) is 20.8. The number of hydrogen-bond acceptors (Lipinski definition) is 6. The Kier molecular flexibility index (Phi) is 7.89. The molecule has 2 N–H and O–H groups in total. The number of nitrogens with zero attached hydrogens (tertiary/aromatic N) is 4. The van der Waals surface area contributed by atoms with Gasteiger partial charge in [0.2, 0.25) is 11.9 Å². The first-order valence-electron chi connectivity index (χ1n) is 10.9. The average Bonchev–Trinajstić information content (AvgIpc) is 2.73. The van der Waals surface area contributed by atoms with E-state index < -0.39 is 0 Å². The van der Waals surface area contributed by atoms with Crippen LogP contribution < -0.4 is 15.5 Å². The molecule has 2 fully saturated rings. The van der Waals surface area contributed by atoms with Crippen LogP contribution in [0.2, 0.25) is 0 Å². The molecule has 156 valence electrons. The van der Waals surface area contributed by atoms with E-state index >= 15 is 0 Å². The van der Waals surface area contributed by atoms with Crippen LogP contribution in [0, 0.1) is 11.8 Å². The molecule has 0 unspecified atom stereocenters. The lowest BCUT2D eigenvalue weighted by Crippen LogP contribution is -2.37. The SMILES string of the molecule is CNc1nccc(N2CCC(CC(=O)NCCCN3CCC(C)CC3)CC2)n1. The van der Waals surface area contributed by atoms with Crippen LogP contribution in [-0.4, -0.2) is 67.1 Å². The van der Waals surface area contributed by atoms with Crippen molar-refractivity contribution in [3.8, 4) is 0 Å². The number of hydrogen-bond donors (Lipinski definition) is 2. The fourth-order valence-electron chi connectivity index (χ4n) is 4.16. The van der Waals surface area contributed by atoms with E-state index in [1.54, 1.807) is 6.20 Å². The zero-order valence-corrected chi connectivity index (χ0v) is 17.5. The Hall–Kier alpha value is -1.89. The molecule has 2 aliphatic rings. The van der Waals surface area contributed by atoms with Crippen LogP contribution in [0.4, 0.5) is 11.8 Å². The van der Waals surface area contributed by atoms with E-state index in [0.717, 1.165) is 57.2 Å². The fourth-order valence-corrected chi connectivity index (χ4v) is 4.16. The first-order valence-corrected chi connectivity index (χ1v) is 10.9. The Morgan fingerprint density at radius 2 is 1.93 bits per heavy atom. The highest BCUT2D eigenvalue weighted by Gasteiger charge is 2.22. The largest absolute Gasteiger partial charge is 0.357 e. The van der Waals surface area contributed by atoms with E-state index in [2.05, 4.69) is 37.3 Å². The molecule has 0 radical (unpaired) electrons. The van der Waals surface area contributed by atoms with Gasteiger partial charge in [0.25, 0.3) is 0 Å². The van der Waals surface area contributed by atoms with Gasteiger partial charge in [0.05, 0.1) is 0 Å². The number of rotatable bonds is 8. The highest BCUT2D eigenvalue weighted by atomic mass is 16.1. The Morgan fingerprint density at radius 3 is 2.64 bits per heavy atom. The molecular formula is C21H36N6O. The predicted molar refractivity (Wildman–Crippen MR) is 114 cm³/mol. The number of anilines is 2. The van der Waals surface area contributed by atoms with Gasteiger partial charge in [-0.2, -0.15) is 4.98 Å². The lowest BCUT2D eigenvalue weighted by molar-refractivity contribution is -0.122. The molecule has 1 aromatic heterocycles. The number of nitrogens with one attached hydrogen (secondary N) is 2. The third kappa shape index (κ3) is 6.33. The van der Waals surface area contributed by atoms with Crippen LogP contribution in [-0.2, 0) is 4.79 Å². The van der Waals surface area contributed by atoms with Crippen molar-refractivity contribution in [1.82, 2.24) is 20.2 Å². The van der Waals surface area contributed by atoms with Crippen LogP contribution in [0.3, 0.4) is 0 Å². The molecule has 3 rings (SSSR count). The van der Waals surface area contributed by atoms with Crippen molar-refractivity contribution in [2.75, 3.05) is 56.5 Å². The summed E-state index contributed by atoms with van der Waals surface area (Å²) in [6.07, 6.45) is 8.21. The molecule has 2 saturated heterocycles. The quantitative estimate of drug-likeness (QED) is 0.666. The molecule has 0 saturated carbocycles. The summed E-state index contributed by atoms with van der Waals surface area (Å²) in [7, 11) is 1.83. The Balaban J connectivity index is 1.29. The lowest BCUT2D eigenvalue weighted by Gasteiger charge is -2.32. The molecule has 0 aromatic carbocycles. The van der Waals surface area contributed by atoms with Crippen LogP contribution in [0.5, 0.6) is 0 Å². The van der Waals surface area contributed by atoms with Gasteiger partial charge < -0.3 is 20.4 Å². The summed E-state index contributed by atoms with van der Waals surface area (Å²) in [6, 6.07) is 1.96. The van der Waals surface area contributed by atoms with Crippen LogP contribution >= 0.6 is 0 Å². The molecule has 1 amide bonds. The van der Waals surface area contributed by atoms with Crippen molar-refractivity contribution in [3.63, 3.8) is 0 Å². The van der Waals surface area contributed by atoms with E-state index in [1.165, 1.54) is 25.9 Å². The zero-order chi connectivity index (χ0) is 19.8. The van der Waals surface area contributed by atoms with Crippen LogP contribution in [0.15, 0.2) is 12.3 Å². The maximum Gasteiger partial charge on any atom is 0.224 e. The summed E-state index contributed by atoms with van der Waals surface area (Å²) in [5.41, 5.74) is 0. The van der Waals surface area contributed by atoms with Gasteiger partial charge in [-0.3, -0.25) is 4.79 Å². The third-order valence-electron chi connectivity index (χ3n) is 6.13. The lowest BCUT2D eigenvalue weighted by atomic mass is 9.93. The molecule has 1 aromatic rings. The van der Waals surface area contributed by atoms with Gasteiger partial charge in [-0.25, -0.2) is 4.98 Å². The van der Waals surface area contributed by atoms with E-state index in [0.29, 0.717) is 18.3 Å². The Labute approximate surface area is 169 Å². The predicted octanol–water partition coefficient (Wildman–Crippen LogP) is 2.36. The molecule has 3 heterocycles. The van der Waals surface area contributed by atoms with Crippen molar-refractivity contribution in [2.24, 2.45) is 11.8 Å². The molecule has 28 heavy (non-hydrogen) atoms. The molecule has 7 nitrogen and oxygen atoms in total. The molecular weight excluding hydrogens is 352 g/mol. The number of amides is 1. The number of carbonyl (C=O) groups excluding carboxylic acids is 1. The van der Waals surface area contributed by atoms with Crippen molar-refractivity contribution in [3.05, 3.63) is 12.3 Å². The van der Waals surface area contributed by atoms with E-state index in [1.807, 2.05) is 13.1 Å². The van der Waals surface area contributed by atoms with Crippen molar-refractivity contribution >= 4 is 17.7 Å². The maximum absolute atomic E-state index is 12.3. The second-order valence-corrected chi connectivity index (χ2v) is 8.35. The summed E-state index contributed by atoms with van der Waals surface area (Å²) in [5, 5.41) is 6.11. The van der Waals surface area contributed by atoms with E-state index in [4.69, 9.17) is 0 Å². The number of carbonyl (C=O) groups is 1. The van der Waals surface area contributed by atoms with Crippen molar-refractivity contribution < 1.29 is 4.79 Å². The smallest absolute Gasteiger partial charge is 0.224 e. The van der Waals surface area contributed by atoms with Crippen molar-refractivity contribution in [2.45, 2.75) is 45.4 Å². The van der Waals surface area contributed by atoms with Gasteiger partial charge in [-0.05, 0) is 69.6 Å². The van der Waals surface area contributed by atoms with E-state index in [9.17, 15) is 4.79 Å². The van der Waals surface area contributed by atoms with Gasteiger partial charge in [0, 0.05) is 39.3 Å². The number of piperidine rings is 2. The second kappa shape index (κ2) is 10.6. The molecule has 0 aliphatic carbocycles. The first-order chi connectivity index (χ1) is 13.6. The van der Waals surface area contributed by atoms with Crippen LogP contribution in [0.1, 0.15) is 45.4 Å². The summed E-state index contributed by atoms with van der Waals surface area (Å²) in [4.78, 5) is 25.8. The van der Waals surface area contributed by atoms with Crippen molar-refractivity contribution in [1.29, 1.82) is 0 Å². The topological polar surface area (TPSA) is 73.4 Å². The van der Waals surface area contributed by atoms with Gasteiger partial charge in [0.15, 0.2) is 0 Å². The van der Waals surface area contributed by atoms with Gasteiger partial charge in [-0.15, -0.1) is 0 Å². The van der Waals surface area contributed by atoms with Gasteiger partial charge in [-0.1, -0.05) is 6.92 Å². The standard InChI is InChI=1S/C21H36N6O/c1-17-5-12-26(13-6-17)11-3-9-23-20(28)16-18-7-14-27(15-8-18)19-4-10-24-21(22-2)25-19/h4,10,17-18H,3,5-9,11-16H2,1-2H3,(H,23,28)(H,22,24,25). The molecule has 0 spiro atoms. The Morgan fingerprint density at radius 1 is 1.18 bits per heavy atom. The highest BCUT2D eigenvalue weighted by molar-refractivity contribution is 5.76. The number of likely N-dealkylation sites (tertiary alicyclic amines) is 1. The average molecular weight is 389 g/mol. The molecule has 0 bridgehead atoms. The Bertz CT molecular complexity index is 609. The monoisotopic (exact) mass is 388 g/mol. The zero-order valence-electron chi connectivity index (χ0n) is 17.5. The minimum Gasteiger partial charge on any atom is -0.357 e. The fraction of sp³-hybridized carbons (Fsp3) is 0.762. The summed E-state index contributed by atoms with van der Waals surface area (Å²) < 4.78 is 0. The molecule has 7 heteroatoms. The minimum atomic E-state index is 0.213. The summed E-state index contributed by atoms with van der Waals surface area (Å²) >= 11 is 0. The third-order valence-corrected chi connectivity index (χ3v) is 6.13. The molecule has 2 aliphatic heterocycles. The van der Waals surface area contributed by atoms with E-state index in [-0.39, 0.29) is 5.91 Å². The normalized spacial score (nSPS) is 19.6. The summed E-state index contributed by atoms with van der Waals surface area (Å²) in [6.45, 7) is 8.59. The highest BCUT2D eigenvalue weighted by Crippen LogP contribution is 2.24. The van der Waals surface area contributed by atoms with Crippen LogP contribution in [0.25, 0.3) is 0 Å².